The molecule has 0 aliphatic rings. The van der Waals surface area contributed by atoms with Gasteiger partial charge in [0, 0.05) is 11.9 Å². The number of hydrogen-bond acceptors (Lipinski definition) is 5. The van der Waals surface area contributed by atoms with Crippen molar-refractivity contribution in [3.63, 3.8) is 0 Å². The van der Waals surface area contributed by atoms with Crippen LogP contribution in [0.25, 0.3) is 10.2 Å². The van der Waals surface area contributed by atoms with E-state index in [0.29, 0.717) is 10.2 Å². The van der Waals surface area contributed by atoms with Crippen LogP contribution in [0.5, 0.6) is 0 Å². The van der Waals surface area contributed by atoms with Crippen molar-refractivity contribution < 1.29 is 4.79 Å². The topological polar surface area (TPSA) is 54.9 Å². The van der Waals surface area contributed by atoms with Gasteiger partial charge in [0.05, 0.1) is 15.8 Å². The highest BCUT2D eigenvalue weighted by Gasteiger charge is 2.08. The lowest BCUT2D eigenvalue weighted by Gasteiger charge is -2.04. The molecule has 1 amide bonds. The molecule has 4 nitrogen and oxygen atoms in total. The number of aromatic nitrogens is 2. The zero-order chi connectivity index (χ0) is 14.8. The fraction of sp³-hybridized carbons (Fsp3) is 0.0714. The van der Waals surface area contributed by atoms with Crippen LogP contribution >= 0.6 is 39.0 Å². The van der Waals surface area contributed by atoms with E-state index in [2.05, 4.69) is 31.2 Å². The molecule has 0 spiro atoms. The average molecular weight is 380 g/mol. The number of carbonyl (C=O) groups excluding carboxylic acids is 1. The molecule has 3 aromatic rings. The first-order chi connectivity index (χ1) is 10.2. The molecule has 21 heavy (non-hydrogen) atoms. The lowest BCUT2D eigenvalue weighted by Crippen LogP contribution is -2.11. The van der Waals surface area contributed by atoms with E-state index in [1.54, 1.807) is 35.2 Å². The van der Waals surface area contributed by atoms with Crippen LogP contribution in [-0.2, 0) is 0 Å². The van der Waals surface area contributed by atoms with Gasteiger partial charge in [-0.05, 0) is 52.5 Å². The van der Waals surface area contributed by atoms with Gasteiger partial charge in [0.25, 0.3) is 5.91 Å². The van der Waals surface area contributed by atoms with Crippen LogP contribution in [0.1, 0.15) is 10.4 Å². The van der Waals surface area contributed by atoms with Crippen molar-refractivity contribution in [2.75, 3.05) is 11.6 Å². The van der Waals surface area contributed by atoms with Crippen molar-refractivity contribution in [3.05, 3.63) is 46.7 Å². The Morgan fingerprint density at radius 1 is 1.33 bits per heavy atom. The van der Waals surface area contributed by atoms with Crippen LogP contribution < -0.4 is 5.32 Å². The molecule has 0 bridgehead atoms. The maximum absolute atomic E-state index is 12.1. The summed E-state index contributed by atoms with van der Waals surface area (Å²) in [4.78, 5) is 20.7. The summed E-state index contributed by atoms with van der Waals surface area (Å²) < 4.78 is 2.78. The Bertz CT molecular complexity index is 802. The van der Waals surface area contributed by atoms with Crippen molar-refractivity contribution in [1.29, 1.82) is 0 Å². The zero-order valence-electron chi connectivity index (χ0n) is 11.0. The van der Waals surface area contributed by atoms with Crippen LogP contribution in [0.2, 0.25) is 0 Å². The number of nitrogens with zero attached hydrogens (tertiary/aromatic N) is 2. The number of thioether (sulfide) groups is 1. The average Bonchev–Trinajstić information content (AvgIpc) is 2.90. The molecule has 0 saturated carbocycles. The van der Waals surface area contributed by atoms with Gasteiger partial charge >= 0.3 is 0 Å². The van der Waals surface area contributed by atoms with Gasteiger partial charge in [-0.15, -0.1) is 11.3 Å². The fourth-order valence-corrected chi connectivity index (χ4v) is 3.55. The van der Waals surface area contributed by atoms with E-state index in [1.165, 1.54) is 6.20 Å². The van der Waals surface area contributed by atoms with E-state index in [-0.39, 0.29) is 5.91 Å². The van der Waals surface area contributed by atoms with E-state index < -0.39 is 0 Å². The molecule has 0 fully saturated rings. The van der Waals surface area contributed by atoms with E-state index in [0.717, 1.165) is 20.2 Å². The van der Waals surface area contributed by atoms with Crippen molar-refractivity contribution in [1.82, 2.24) is 9.97 Å². The first-order valence-corrected chi connectivity index (χ1v) is 8.86. The van der Waals surface area contributed by atoms with E-state index in [1.807, 2.05) is 24.5 Å². The summed E-state index contributed by atoms with van der Waals surface area (Å²) in [7, 11) is 0. The Balaban J connectivity index is 1.83. The fourth-order valence-electron chi connectivity index (χ4n) is 1.78. The molecule has 1 aromatic carbocycles. The molecule has 0 aliphatic heterocycles. The summed E-state index contributed by atoms with van der Waals surface area (Å²) in [5.41, 5.74) is 2.23. The van der Waals surface area contributed by atoms with Crippen LogP contribution in [0.3, 0.4) is 0 Å². The highest BCUT2D eigenvalue weighted by molar-refractivity contribution is 9.10. The molecular formula is C14H10BrN3OS2. The molecule has 1 N–H and O–H groups in total. The smallest absolute Gasteiger partial charge is 0.257 e. The van der Waals surface area contributed by atoms with E-state index in [9.17, 15) is 4.79 Å². The third kappa shape index (κ3) is 3.25. The van der Waals surface area contributed by atoms with Gasteiger partial charge < -0.3 is 5.32 Å². The van der Waals surface area contributed by atoms with Crippen molar-refractivity contribution in [2.45, 2.75) is 4.34 Å². The number of amides is 1. The maximum Gasteiger partial charge on any atom is 0.257 e. The highest BCUT2D eigenvalue weighted by Crippen LogP contribution is 2.30. The number of halogens is 1. The number of carbonyl (C=O) groups is 1. The largest absolute Gasteiger partial charge is 0.322 e. The van der Waals surface area contributed by atoms with E-state index in [4.69, 9.17) is 0 Å². The predicted molar refractivity (Wildman–Crippen MR) is 91.3 cm³/mol. The van der Waals surface area contributed by atoms with Crippen LogP contribution in [-0.4, -0.2) is 22.1 Å². The molecule has 0 saturated heterocycles. The quantitative estimate of drug-likeness (QED) is 0.540. The molecule has 2 heterocycles. The first-order valence-electron chi connectivity index (χ1n) is 6.03. The Morgan fingerprint density at radius 3 is 2.90 bits per heavy atom. The number of rotatable bonds is 3. The van der Waals surface area contributed by atoms with Crippen LogP contribution in [0.4, 0.5) is 5.69 Å². The summed E-state index contributed by atoms with van der Waals surface area (Å²) >= 11 is 6.49. The Kier molecular flexibility index (Phi) is 4.23. The number of fused-ring (bicyclic) bond motifs is 1. The van der Waals surface area contributed by atoms with Gasteiger partial charge in [-0.25, -0.2) is 9.97 Å². The summed E-state index contributed by atoms with van der Waals surface area (Å²) in [5.74, 6) is -0.177. The standard InChI is InChI=1S/C14H10BrN3OS2/c1-20-14-18-10-4-3-9(6-11(10)21-14)17-13(19)8-2-5-12(15)16-7-8/h2-7H,1H3,(H,17,19). The predicted octanol–water partition coefficient (Wildman–Crippen LogP) is 4.43. The van der Waals surface area contributed by atoms with Gasteiger partial charge in [0.15, 0.2) is 4.34 Å². The minimum Gasteiger partial charge on any atom is -0.322 e. The number of hydrogen-bond donors (Lipinski definition) is 1. The lowest BCUT2D eigenvalue weighted by molar-refractivity contribution is 0.102. The summed E-state index contributed by atoms with van der Waals surface area (Å²) in [5, 5.41) is 2.87. The van der Waals surface area contributed by atoms with Gasteiger partial charge in [-0.2, -0.15) is 0 Å². The number of anilines is 1. The molecule has 2 aromatic heterocycles. The third-order valence-electron chi connectivity index (χ3n) is 2.79. The van der Waals surface area contributed by atoms with Gasteiger partial charge in [0.2, 0.25) is 0 Å². The molecule has 0 aliphatic carbocycles. The van der Waals surface area contributed by atoms with Crippen molar-refractivity contribution in [2.24, 2.45) is 0 Å². The Morgan fingerprint density at radius 2 is 2.19 bits per heavy atom. The normalized spacial score (nSPS) is 10.8. The number of pyridine rings is 1. The van der Waals surface area contributed by atoms with E-state index >= 15 is 0 Å². The molecule has 0 atom stereocenters. The van der Waals surface area contributed by atoms with Crippen molar-refractivity contribution >= 4 is 60.8 Å². The molecule has 3 rings (SSSR count). The molecule has 106 valence electrons. The molecular weight excluding hydrogens is 370 g/mol. The van der Waals surface area contributed by atoms with Gasteiger partial charge in [-0.3, -0.25) is 4.79 Å². The van der Waals surface area contributed by atoms with Gasteiger partial charge in [-0.1, -0.05) is 11.8 Å². The Labute approximate surface area is 138 Å². The first kappa shape index (κ1) is 14.5. The second kappa shape index (κ2) is 6.13. The monoisotopic (exact) mass is 379 g/mol. The second-order valence-corrected chi connectivity index (χ2v) is 7.09. The lowest BCUT2D eigenvalue weighted by atomic mass is 10.2. The van der Waals surface area contributed by atoms with Crippen molar-refractivity contribution in [3.8, 4) is 0 Å². The minimum absolute atomic E-state index is 0.177. The summed E-state index contributed by atoms with van der Waals surface area (Å²) in [6.45, 7) is 0. The SMILES string of the molecule is CSc1nc2ccc(NC(=O)c3ccc(Br)nc3)cc2s1. The molecule has 7 heteroatoms. The zero-order valence-corrected chi connectivity index (χ0v) is 14.2. The van der Waals surface area contributed by atoms with Crippen LogP contribution in [0, 0.1) is 0 Å². The summed E-state index contributed by atoms with van der Waals surface area (Å²) in [6.07, 6.45) is 3.54. The number of nitrogens with one attached hydrogen (secondary N) is 1. The number of thiazole rings is 1. The second-order valence-electron chi connectivity index (χ2n) is 4.19. The third-order valence-corrected chi connectivity index (χ3v) is 5.26. The molecule has 0 radical (unpaired) electrons. The highest BCUT2D eigenvalue weighted by atomic mass is 79.9. The minimum atomic E-state index is -0.177. The maximum atomic E-state index is 12.1. The number of benzene rings is 1. The summed E-state index contributed by atoms with van der Waals surface area (Å²) in [6, 6.07) is 9.18. The van der Waals surface area contributed by atoms with Gasteiger partial charge in [0.1, 0.15) is 4.60 Å². The molecule has 0 unspecified atom stereocenters. The Hall–Kier alpha value is -1.44. The van der Waals surface area contributed by atoms with Crippen LogP contribution in [0.15, 0.2) is 45.5 Å².